The number of fused-ring (bicyclic) bond motifs is 2. The molecule has 0 saturated carbocycles. The minimum Gasteiger partial charge on any atom is -0.361 e. The van der Waals surface area contributed by atoms with Crippen molar-refractivity contribution in [2.75, 3.05) is 7.05 Å². The lowest BCUT2D eigenvalue weighted by molar-refractivity contribution is 0.162. The second kappa shape index (κ2) is 5.59. The predicted molar refractivity (Wildman–Crippen MR) is 72.9 cm³/mol. The summed E-state index contributed by atoms with van der Waals surface area (Å²) in [5.41, 5.74) is 1.05. The minimum atomic E-state index is 0. The van der Waals surface area contributed by atoms with Crippen molar-refractivity contribution in [1.82, 2.24) is 15.4 Å². The van der Waals surface area contributed by atoms with Gasteiger partial charge >= 0.3 is 0 Å². The molecule has 0 aliphatic carbocycles. The first kappa shape index (κ1) is 13.8. The van der Waals surface area contributed by atoms with Crippen molar-refractivity contribution in [2.24, 2.45) is 0 Å². The highest BCUT2D eigenvalue weighted by molar-refractivity contribution is 5.85. The van der Waals surface area contributed by atoms with Crippen LogP contribution in [0, 0.1) is 6.92 Å². The fraction of sp³-hybridized carbons (Fsp3) is 0.769. The van der Waals surface area contributed by atoms with E-state index in [0.29, 0.717) is 6.04 Å². The topological polar surface area (TPSA) is 41.3 Å². The third-order valence-corrected chi connectivity index (χ3v) is 4.16. The van der Waals surface area contributed by atoms with Crippen LogP contribution in [-0.2, 0) is 6.54 Å². The van der Waals surface area contributed by atoms with E-state index >= 15 is 0 Å². The van der Waals surface area contributed by atoms with Gasteiger partial charge in [0.2, 0.25) is 0 Å². The molecule has 2 atom stereocenters. The lowest BCUT2D eigenvalue weighted by atomic mass is 9.98. The van der Waals surface area contributed by atoms with E-state index in [1.165, 1.54) is 25.7 Å². The molecule has 2 aliphatic rings. The molecule has 1 N–H and O–H groups in total. The first-order chi connectivity index (χ1) is 8.20. The van der Waals surface area contributed by atoms with E-state index in [1.54, 1.807) is 0 Å². The molecule has 1 aromatic heterocycles. The SMILES string of the molecule is Cc1cc(CN(C)C2CC3CCC(C2)N3)no1.Cl. The molecule has 3 rings (SSSR count). The van der Waals surface area contributed by atoms with Gasteiger partial charge < -0.3 is 9.84 Å². The summed E-state index contributed by atoms with van der Waals surface area (Å²) < 4.78 is 5.12. The Labute approximate surface area is 114 Å². The van der Waals surface area contributed by atoms with Crippen molar-refractivity contribution in [3.63, 3.8) is 0 Å². The molecule has 1 aromatic rings. The molecule has 0 aromatic carbocycles. The summed E-state index contributed by atoms with van der Waals surface area (Å²) in [6, 6.07) is 4.23. The highest BCUT2D eigenvalue weighted by Crippen LogP contribution is 2.29. The van der Waals surface area contributed by atoms with Crippen LogP contribution in [-0.4, -0.2) is 35.2 Å². The van der Waals surface area contributed by atoms with Gasteiger partial charge in [-0.1, -0.05) is 5.16 Å². The predicted octanol–water partition coefficient (Wildman–Crippen LogP) is 2.12. The summed E-state index contributed by atoms with van der Waals surface area (Å²) in [6.07, 6.45) is 5.28. The molecule has 18 heavy (non-hydrogen) atoms. The maximum atomic E-state index is 5.12. The Morgan fingerprint density at radius 2 is 2.06 bits per heavy atom. The van der Waals surface area contributed by atoms with E-state index < -0.39 is 0 Å². The van der Waals surface area contributed by atoms with E-state index in [4.69, 9.17) is 4.52 Å². The zero-order chi connectivity index (χ0) is 11.8. The Kier molecular flexibility index (Phi) is 4.30. The molecule has 2 fully saturated rings. The van der Waals surface area contributed by atoms with Gasteiger partial charge in [-0.05, 0) is 39.7 Å². The summed E-state index contributed by atoms with van der Waals surface area (Å²) in [6.45, 7) is 2.85. The van der Waals surface area contributed by atoms with Crippen LogP contribution in [0.2, 0.25) is 0 Å². The van der Waals surface area contributed by atoms with Crippen LogP contribution < -0.4 is 5.32 Å². The molecule has 5 heteroatoms. The van der Waals surface area contributed by atoms with Gasteiger partial charge in [0.1, 0.15) is 5.76 Å². The molecule has 0 radical (unpaired) electrons. The smallest absolute Gasteiger partial charge is 0.133 e. The fourth-order valence-electron chi connectivity index (χ4n) is 3.26. The quantitative estimate of drug-likeness (QED) is 0.914. The maximum Gasteiger partial charge on any atom is 0.133 e. The van der Waals surface area contributed by atoms with E-state index in [1.807, 2.05) is 13.0 Å². The number of hydrogen-bond acceptors (Lipinski definition) is 4. The third kappa shape index (κ3) is 2.87. The number of aromatic nitrogens is 1. The minimum absolute atomic E-state index is 0. The van der Waals surface area contributed by atoms with Gasteiger partial charge in [0.25, 0.3) is 0 Å². The molecule has 0 spiro atoms. The second-order valence-electron chi connectivity index (χ2n) is 5.61. The van der Waals surface area contributed by atoms with Crippen molar-refractivity contribution < 1.29 is 4.52 Å². The molecular weight excluding hydrogens is 250 g/mol. The molecule has 2 aliphatic heterocycles. The lowest BCUT2D eigenvalue weighted by Gasteiger charge is -2.35. The largest absolute Gasteiger partial charge is 0.361 e. The highest BCUT2D eigenvalue weighted by Gasteiger charge is 2.35. The van der Waals surface area contributed by atoms with Crippen molar-refractivity contribution in [3.05, 3.63) is 17.5 Å². The number of nitrogens with one attached hydrogen (secondary N) is 1. The third-order valence-electron chi connectivity index (χ3n) is 4.16. The van der Waals surface area contributed by atoms with Gasteiger partial charge in [0, 0.05) is 30.7 Å². The van der Waals surface area contributed by atoms with Crippen LogP contribution in [0.15, 0.2) is 10.6 Å². The van der Waals surface area contributed by atoms with Gasteiger partial charge in [-0.25, -0.2) is 0 Å². The van der Waals surface area contributed by atoms with Crippen LogP contribution in [0.1, 0.15) is 37.1 Å². The van der Waals surface area contributed by atoms with Crippen LogP contribution in [0.4, 0.5) is 0 Å². The molecule has 2 saturated heterocycles. The van der Waals surface area contributed by atoms with E-state index in [2.05, 4.69) is 22.4 Å². The standard InChI is InChI=1S/C13H21N3O.ClH/c1-9-5-12(15-17-9)8-16(2)13-6-10-3-4-11(7-13)14-10;/h5,10-11,13-14H,3-4,6-8H2,1-2H3;1H. The van der Waals surface area contributed by atoms with E-state index in [-0.39, 0.29) is 12.4 Å². The number of aryl methyl sites for hydroxylation is 1. The van der Waals surface area contributed by atoms with Gasteiger partial charge in [0.05, 0.1) is 5.69 Å². The lowest BCUT2D eigenvalue weighted by Crippen LogP contribution is -2.46. The summed E-state index contributed by atoms with van der Waals surface area (Å²) in [5.74, 6) is 0.902. The fourth-order valence-corrected chi connectivity index (χ4v) is 3.26. The Morgan fingerprint density at radius 3 is 2.61 bits per heavy atom. The Hall–Kier alpha value is -0.580. The number of piperidine rings is 1. The summed E-state index contributed by atoms with van der Waals surface area (Å²) in [4.78, 5) is 2.43. The number of hydrogen-bond donors (Lipinski definition) is 1. The Bertz CT molecular complexity index is 383. The monoisotopic (exact) mass is 271 g/mol. The summed E-state index contributed by atoms with van der Waals surface area (Å²) in [7, 11) is 2.21. The second-order valence-corrected chi connectivity index (χ2v) is 5.61. The first-order valence-electron chi connectivity index (χ1n) is 6.59. The van der Waals surface area contributed by atoms with Gasteiger partial charge in [0.15, 0.2) is 0 Å². The number of nitrogens with zero attached hydrogens (tertiary/aromatic N) is 2. The maximum absolute atomic E-state index is 5.12. The van der Waals surface area contributed by atoms with E-state index in [9.17, 15) is 0 Å². The van der Waals surface area contributed by atoms with Gasteiger partial charge in [-0.15, -0.1) is 12.4 Å². The molecule has 0 amide bonds. The molecule has 102 valence electrons. The highest BCUT2D eigenvalue weighted by atomic mass is 35.5. The molecule has 3 heterocycles. The van der Waals surface area contributed by atoms with Gasteiger partial charge in [-0.2, -0.15) is 0 Å². The number of halogens is 1. The Balaban J connectivity index is 0.00000120. The zero-order valence-electron chi connectivity index (χ0n) is 11.1. The van der Waals surface area contributed by atoms with Crippen molar-refractivity contribution >= 4 is 12.4 Å². The van der Waals surface area contributed by atoms with Crippen molar-refractivity contribution in [3.8, 4) is 0 Å². The van der Waals surface area contributed by atoms with Crippen LogP contribution >= 0.6 is 12.4 Å². The molecule has 2 unspecified atom stereocenters. The Morgan fingerprint density at radius 1 is 1.39 bits per heavy atom. The molecular formula is C13H22ClN3O. The van der Waals surface area contributed by atoms with Crippen LogP contribution in [0.25, 0.3) is 0 Å². The number of rotatable bonds is 3. The van der Waals surface area contributed by atoms with E-state index in [0.717, 1.165) is 30.1 Å². The van der Waals surface area contributed by atoms with Crippen LogP contribution in [0.3, 0.4) is 0 Å². The first-order valence-corrected chi connectivity index (χ1v) is 6.59. The average molecular weight is 272 g/mol. The van der Waals surface area contributed by atoms with Crippen molar-refractivity contribution in [2.45, 2.75) is 57.3 Å². The average Bonchev–Trinajstić information content (AvgIpc) is 2.85. The normalized spacial score (nSPS) is 30.5. The van der Waals surface area contributed by atoms with Crippen molar-refractivity contribution in [1.29, 1.82) is 0 Å². The van der Waals surface area contributed by atoms with Crippen LogP contribution in [0.5, 0.6) is 0 Å². The molecule has 4 nitrogen and oxygen atoms in total. The van der Waals surface area contributed by atoms with Gasteiger partial charge in [-0.3, -0.25) is 4.90 Å². The summed E-state index contributed by atoms with van der Waals surface area (Å²) >= 11 is 0. The zero-order valence-corrected chi connectivity index (χ0v) is 11.9. The summed E-state index contributed by atoms with van der Waals surface area (Å²) in [5, 5.41) is 7.75. The molecule has 2 bridgehead atoms.